The highest BCUT2D eigenvalue weighted by Crippen LogP contribution is 2.50. The van der Waals surface area contributed by atoms with Crippen molar-refractivity contribution in [1.82, 2.24) is 0 Å². The van der Waals surface area contributed by atoms with Gasteiger partial charge in [0.1, 0.15) is 6.63 Å². The van der Waals surface area contributed by atoms with Crippen LogP contribution < -0.4 is 5.30 Å². The Hall–Kier alpha value is 0.230. The minimum absolute atomic E-state index is 0.0612. The molecule has 0 nitrogen and oxygen atoms in total. The van der Waals surface area contributed by atoms with E-state index in [2.05, 4.69) is 60.6 Å². The maximum atomic E-state index is 6.31. The highest BCUT2D eigenvalue weighted by atomic mass is 35.9. The lowest BCUT2D eigenvalue weighted by Gasteiger charge is -2.31. The second-order valence-corrected chi connectivity index (χ2v) is 10.4. The van der Waals surface area contributed by atoms with Crippen LogP contribution >= 0.6 is 29.1 Å². The molecule has 0 aliphatic heterocycles. The SMILES string of the molecule is Cc1cc(C(C)(C)C)c(P(Cl)Cl)c(C(C)(C)C)c1. The Balaban J connectivity index is 3.68. The molecule has 0 radical (unpaired) electrons. The minimum atomic E-state index is -1.13. The summed E-state index contributed by atoms with van der Waals surface area (Å²) in [6.45, 7) is 14.3. The normalized spacial score (nSPS) is 13.2. The van der Waals surface area contributed by atoms with E-state index < -0.39 is 6.63 Å². The summed E-state index contributed by atoms with van der Waals surface area (Å²) < 4.78 is 0. The summed E-state index contributed by atoms with van der Waals surface area (Å²) >= 11 is 12.6. The van der Waals surface area contributed by atoms with Gasteiger partial charge in [-0.2, -0.15) is 0 Å². The zero-order valence-electron chi connectivity index (χ0n) is 12.4. The van der Waals surface area contributed by atoms with E-state index in [-0.39, 0.29) is 10.8 Å². The van der Waals surface area contributed by atoms with E-state index in [0.29, 0.717) is 0 Å². The van der Waals surface area contributed by atoms with Gasteiger partial charge in [-0.15, -0.1) is 0 Å². The number of aryl methyl sites for hydroxylation is 1. The van der Waals surface area contributed by atoms with Gasteiger partial charge in [0.2, 0.25) is 0 Å². The van der Waals surface area contributed by atoms with Crippen molar-refractivity contribution in [2.75, 3.05) is 0 Å². The molecule has 0 amide bonds. The molecule has 0 aliphatic carbocycles. The first kappa shape index (κ1) is 16.3. The van der Waals surface area contributed by atoms with Crippen molar-refractivity contribution in [2.45, 2.75) is 59.3 Å². The molecule has 0 spiro atoms. The van der Waals surface area contributed by atoms with Gasteiger partial charge in [-0.3, -0.25) is 0 Å². The smallest absolute Gasteiger partial charge is 0.0727 e. The molecule has 0 atom stereocenters. The first-order chi connectivity index (χ1) is 7.94. The molecule has 3 heteroatoms. The fourth-order valence-corrected chi connectivity index (χ4v) is 4.36. The van der Waals surface area contributed by atoms with Gasteiger partial charge in [0, 0.05) is 5.30 Å². The summed E-state index contributed by atoms with van der Waals surface area (Å²) in [7, 11) is 0. The molecule has 1 aromatic carbocycles. The second-order valence-electron chi connectivity index (χ2n) is 6.94. The van der Waals surface area contributed by atoms with Crippen LogP contribution in [0.4, 0.5) is 0 Å². The van der Waals surface area contributed by atoms with Crippen LogP contribution in [0.1, 0.15) is 58.2 Å². The maximum Gasteiger partial charge on any atom is 0.117 e. The standard InChI is InChI=1S/C15H23Cl2P/c1-10-8-11(14(2,3)4)13(18(16)17)12(9-10)15(5,6)7/h8-9H,1-7H3. The molecule has 0 aromatic heterocycles. The molecule has 0 N–H and O–H groups in total. The second kappa shape index (κ2) is 5.31. The molecule has 0 heterocycles. The van der Waals surface area contributed by atoms with Crippen LogP contribution in [-0.4, -0.2) is 0 Å². The van der Waals surface area contributed by atoms with Crippen LogP contribution in [0.3, 0.4) is 0 Å². The third-order valence-corrected chi connectivity index (χ3v) is 4.87. The molecule has 0 aliphatic rings. The molecule has 0 saturated heterocycles. The number of benzene rings is 1. The Morgan fingerprint density at radius 1 is 0.833 bits per heavy atom. The number of hydrogen-bond acceptors (Lipinski definition) is 0. The Kier molecular flexibility index (Phi) is 4.81. The van der Waals surface area contributed by atoms with Crippen molar-refractivity contribution in [2.24, 2.45) is 0 Å². The highest BCUT2D eigenvalue weighted by Gasteiger charge is 2.28. The van der Waals surface area contributed by atoms with Gasteiger partial charge in [-0.1, -0.05) is 81.7 Å². The van der Waals surface area contributed by atoms with E-state index in [9.17, 15) is 0 Å². The summed E-state index contributed by atoms with van der Waals surface area (Å²) in [6, 6.07) is 4.45. The van der Waals surface area contributed by atoms with E-state index >= 15 is 0 Å². The lowest BCUT2D eigenvalue weighted by Crippen LogP contribution is -2.28. The van der Waals surface area contributed by atoms with E-state index in [1.165, 1.54) is 16.7 Å². The first-order valence-electron chi connectivity index (χ1n) is 6.22. The van der Waals surface area contributed by atoms with Crippen molar-refractivity contribution in [3.63, 3.8) is 0 Å². The molecule has 1 aromatic rings. The van der Waals surface area contributed by atoms with Crippen LogP contribution in [0.5, 0.6) is 0 Å². The van der Waals surface area contributed by atoms with Crippen LogP contribution in [0.2, 0.25) is 0 Å². The molecular weight excluding hydrogens is 282 g/mol. The third kappa shape index (κ3) is 3.62. The zero-order valence-corrected chi connectivity index (χ0v) is 14.8. The highest BCUT2D eigenvalue weighted by molar-refractivity contribution is 8.09. The predicted octanol–water partition coefficient (Wildman–Crippen LogP) is 6.00. The number of halogens is 2. The molecule has 18 heavy (non-hydrogen) atoms. The topological polar surface area (TPSA) is 0 Å². The summed E-state index contributed by atoms with van der Waals surface area (Å²) in [6.07, 6.45) is 0. The Morgan fingerprint density at radius 2 is 1.17 bits per heavy atom. The lowest BCUT2D eigenvalue weighted by molar-refractivity contribution is 0.575. The van der Waals surface area contributed by atoms with Gasteiger partial charge >= 0.3 is 0 Å². The summed E-state index contributed by atoms with van der Waals surface area (Å²) in [5, 5.41) is 1.15. The number of hydrogen-bond donors (Lipinski definition) is 0. The third-order valence-electron chi connectivity index (χ3n) is 3.04. The molecule has 0 unspecified atom stereocenters. The molecule has 0 saturated carbocycles. The monoisotopic (exact) mass is 304 g/mol. The van der Waals surface area contributed by atoms with Crippen LogP contribution in [0, 0.1) is 6.92 Å². The Labute approximate surface area is 122 Å². The molecule has 0 bridgehead atoms. The minimum Gasteiger partial charge on any atom is -0.0727 e. The van der Waals surface area contributed by atoms with Crippen molar-refractivity contribution in [1.29, 1.82) is 0 Å². The quantitative estimate of drug-likeness (QED) is 0.558. The van der Waals surface area contributed by atoms with Gasteiger partial charge in [-0.05, 0) is 28.9 Å². The average Bonchev–Trinajstić information content (AvgIpc) is 2.12. The van der Waals surface area contributed by atoms with Gasteiger partial charge in [0.25, 0.3) is 0 Å². The zero-order chi connectivity index (χ0) is 14.3. The summed E-state index contributed by atoms with van der Waals surface area (Å²) in [4.78, 5) is 0. The van der Waals surface area contributed by atoms with Crippen molar-refractivity contribution < 1.29 is 0 Å². The molecular formula is C15H23Cl2P. The van der Waals surface area contributed by atoms with E-state index in [0.717, 1.165) is 5.30 Å². The fourth-order valence-electron chi connectivity index (χ4n) is 2.10. The van der Waals surface area contributed by atoms with Crippen molar-refractivity contribution in [3.05, 3.63) is 28.8 Å². The van der Waals surface area contributed by atoms with E-state index in [4.69, 9.17) is 22.5 Å². The lowest BCUT2D eigenvalue weighted by atomic mass is 9.79. The fraction of sp³-hybridized carbons (Fsp3) is 0.600. The van der Waals surface area contributed by atoms with Gasteiger partial charge in [-0.25, -0.2) is 0 Å². The molecule has 1 rings (SSSR count). The predicted molar refractivity (Wildman–Crippen MR) is 86.8 cm³/mol. The summed E-state index contributed by atoms with van der Waals surface area (Å²) in [5.41, 5.74) is 3.96. The summed E-state index contributed by atoms with van der Waals surface area (Å²) in [5.74, 6) is 0. The van der Waals surface area contributed by atoms with E-state index in [1.54, 1.807) is 0 Å². The van der Waals surface area contributed by atoms with Gasteiger partial charge in [0.15, 0.2) is 0 Å². The van der Waals surface area contributed by atoms with Crippen LogP contribution in [-0.2, 0) is 10.8 Å². The average molecular weight is 305 g/mol. The van der Waals surface area contributed by atoms with Crippen LogP contribution in [0.15, 0.2) is 12.1 Å². The number of rotatable bonds is 1. The van der Waals surface area contributed by atoms with Crippen LogP contribution in [0.25, 0.3) is 0 Å². The largest absolute Gasteiger partial charge is 0.117 e. The Morgan fingerprint density at radius 3 is 1.39 bits per heavy atom. The van der Waals surface area contributed by atoms with Gasteiger partial charge in [0.05, 0.1) is 0 Å². The van der Waals surface area contributed by atoms with Crippen molar-refractivity contribution in [3.8, 4) is 0 Å². The first-order valence-corrected chi connectivity index (χ1v) is 9.37. The van der Waals surface area contributed by atoms with Gasteiger partial charge < -0.3 is 0 Å². The maximum absolute atomic E-state index is 6.31. The molecule has 102 valence electrons. The molecule has 0 fully saturated rings. The van der Waals surface area contributed by atoms with E-state index in [1.807, 2.05) is 0 Å². The van der Waals surface area contributed by atoms with Crippen molar-refractivity contribution >= 4 is 34.4 Å². The Bertz CT molecular complexity index is 402.